The number of hydrogen-bond donors (Lipinski definition) is 2. The molecule has 1 heterocycles. The van der Waals surface area contributed by atoms with Crippen LogP contribution in [0.2, 0.25) is 0 Å². The van der Waals surface area contributed by atoms with Gasteiger partial charge in [-0.15, -0.1) is 0 Å². The first-order chi connectivity index (χ1) is 6.63. The molecular formula is C11H13NO2. The molecule has 0 saturated heterocycles. The Morgan fingerprint density at radius 1 is 1.36 bits per heavy atom. The number of aromatic hydroxyl groups is 1. The minimum absolute atomic E-state index is 0.240. The summed E-state index contributed by atoms with van der Waals surface area (Å²) in [4.78, 5) is 0. The van der Waals surface area contributed by atoms with E-state index >= 15 is 0 Å². The average Bonchev–Trinajstić information content (AvgIpc) is 2.43. The molecule has 0 bridgehead atoms. The summed E-state index contributed by atoms with van der Waals surface area (Å²) in [5, 5.41) is 10.6. The number of nitrogens with two attached hydrogens (primary N) is 1. The smallest absolute Gasteiger partial charge is 0.135 e. The van der Waals surface area contributed by atoms with Gasteiger partial charge >= 0.3 is 0 Å². The Balaban J connectivity index is 2.79. The van der Waals surface area contributed by atoms with Crippen molar-refractivity contribution in [3.63, 3.8) is 0 Å². The van der Waals surface area contributed by atoms with Crippen LogP contribution in [0.25, 0.3) is 11.0 Å². The molecule has 3 nitrogen and oxygen atoms in total. The number of hydrogen-bond acceptors (Lipinski definition) is 3. The van der Waals surface area contributed by atoms with Crippen LogP contribution < -0.4 is 5.73 Å². The van der Waals surface area contributed by atoms with Crippen molar-refractivity contribution in [2.75, 3.05) is 0 Å². The molecular weight excluding hydrogens is 178 g/mol. The summed E-state index contributed by atoms with van der Waals surface area (Å²) in [6.07, 6.45) is 0. The van der Waals surface area contributed by atoms with Gasteiger partial charge in [-0.25, -0.2) is 0 Å². The van der Waals surface area contributed by atoms with Gasteiger partial charge in [0.1, 0.15) is 17.1 Å². The second kappa shape index (κ2) is 3.03. The van der Waals surface area contributed by atoms with Crippen LogP contribution in [0.4, 0.5) is 0 Å². The molecule has 0 amide bonds. The highest BCUT2D eigenvalue weighted by molar-refractivity contribution is 5.84. The third-order valence-corrected chi connectivity index (χ3v) is 2.60. The summed E-state index contributed by atoms with van der Waals surface area (Å²) in [5.41, 5.74) is 8.06. The topological polar surface area (TPSA) is 59.4 Å². The summed E-state index contributed by atoms with van der Waals surface area (Å²) < 4.78 is 5.53. The van der Waals surface area contributed by atoms with Crippen molar-refractivity contribution in [1.29, 1.82) is 0 Å². The highest BCUT2D eigenvalue weighted by atomic mass is 16.3. The monoisotopic (exact) mass is 191 g/mol. The van der Waals surface area contributed by atoms with Crippen LogP contribution in [-0.2, 0) is 6.54 Å². The fourth-order valence-corrected chi connectivity index (χ4v) is 1.58. The molecule has 1 aromatic carbocycles. The first-order valence-electron chi connectivity index (χ1n) is 4.55. The summed E-state index contributed by atoms with van der Waals surface area (Å²) in [7, 11) is 0. The molecule has 0 radical (unpaired) electrons. The summed E-state index contributed by atoms with van der Waals surface area (Å²) in [6, 6.07) is 3.51. The maximum absolute atomic E-state index is 9.62. The van der Waals surface area contributed by atoms with Gasteiger partial charge in [0.25, 0.3) is 0 Å². The molecule has 0 aliphatic rings. The zero-order valence-electron chi connectivity index (χ0n) is 8.29. The van der Waals surface area contributed by atoms with Gasteiger partial charge in [-0.1, -0.05) is 0 Å². The van der Waals surface area contributed by atoms with Gasteiger partial charge in [-0.05, 0) is 31.5 Å². The maximum atomic E-state index is 9.62. The van der Waals surface area contributed by atoms with E-state index in [9.17, 15) is 5.11 Å². The van der Waals surface area contributed by atoms with E-state index in [1.807, 2.05) is 13.8 Å². The molecule has 0 saturated carbocycles. The Labute approximate surface area is 82.1 Å². The molecule has 14 heavy (non-hydrogen) atoms. The van der Waals surface area contributed by atoms with E-state index in [-0.39, 0.29) is 5.75 Å². The lowest BCUT2D eigenvalue weighted by molar-refractivity contribution is 0.468. The van der Waals surface area contributed by atoms with E-state index in [4.69, 9.17) is 10.2 Å². The quantitative estimate of drug-likeness (QED) is 0.726. The molecule has 2 aromatic rings. The van der Waals surface area contributed by atoms with E-state index in [0.29, 0.717) is 12.1 Å². The van der Waals surface area contributed by atoms with E-state index < -0.39 is 0 Å². The molecule has 0 fully saturated rings. The van der Waals surface area contributed by atoms with Gasteiger partial charge in [-0.3, -0.25) is 0 Å². The zero-order chi connectivity index (χ0) is 10.3. The normalized spacial score (nSPS) is 11.1. The molecule has 74 valence electrons. The van der Waals surface area contributed by atoms with Crippen LogP contribution in [0.5, 0.6) is 5.75 Å². The maximum Gasteiger partial charge on any atom is 0.135 e. The minimum atomic E-state index is 0.240. The van der Waals surface area contributed by atoms with E-state index in [1.54, 1.807) is 12.1 Å². The minimum Gasteiger partial charge on any atom is -0.508 e. The van der Waals surface area contributed by atoms with E-state index in [0.717, 1.165) is 22.3 Å². The third kappa shape index (κ3) is 1.17. The first kappa shape index (κ1) is 9.09. The summed E-state index contributed by atoms with van der Waals surface area (Å²) >= 11 is 0. The predicted octanol–water partition coefficient (Wildman–Crippen LogP) is 2.21. The largest absolute Gasteiger partial charge is 0.508 e. The van der Waals surface area contributed by atoms with Crippen molar-refractivity contribution in [3.8, 4) is 5.75 Å². The number of fused-ring (bicyclic) bond motifs is 1. The number of rotatable bonds is 1. The van der Waals surface area contributed by atoms with Crippen LogP contribution in [0.15, 0.2) is 16.5 Å². The third-order valence-electron chi connectivity index (χ3n) is 2.60. The van der Waals surface area contributed by atoms with Crippen molar-refractivity contribution < 1.29 is 9.52 Å². The van der Waals surface area contributed by atoms with Crippen molar-refractivity contribution in [3.05, 3.63) is 29.0 Å². The standard InChI is InChI=1S/C11H13NO2/c1-6-7(2)14-11-3-8(5-12)10(13)4-9(6)11/h3-4,13H,5,12H2,1-2H3. The second-order valence-corrected chi connectivity index (χ2v) is 3.46. The highest BCUT2D eigenvalue weighted by Gasteiger charge is 2.10. The lowest BCUT2D eigenvalue weighted by atomic mass is 10.1. The lowest BCUT2D eigenvalue weighted by Gasteiger charge is -2.00. The van der Waals surface area contributed by atoms with E-state index in [2.05, 4.69) is 0 Å². The van der Waals surface area contributed by atoms with Crippen LogP contribution in [0, 0.1) is 13.8 Å². The lowest BCUT2D eigenvalue weighted by Crippen LogP contribution is -1.95. The molecule has 0 spiro atoms. The van der Waals surface area contributed by atoms with Gasteiger partial charge in [0.15, 0.2) is 0 Å². The molecule has 0 atom stereocenters. The average molecular weight is 191 g/mol. The van der Waals surface area contributed by atoms with Gasteiger partial charge < -0.3 is 15.3 Å². The Morgan fingerprint density at radius 3 is 2.71 bits per heavy atom. The Bertz CT molecular complexity index is 485. The number of benzene rings is 1. The summed E-state index contributed by atoms with van der Waals surface area (Å²) in [5.74, 6) is 1.12. The highest BCUT2D eigenvalue weighted by Crippen LogP contribution is 2.30. The van der Waals surface area contributed by atoms with Crippen LogP contribution in [-0.4, -0.2) is 5.11 Å². The molecule has 2 rings (SSSR count). The Hall–Kier alpha value is -1.48. The fourth-order valence-electron chi connectivity index (χ4n) is 1.58. The summed E-state index contributed by atoms with van der Waals surface area (Å²) in [6.45, 7) is 4.21. The first-order valence-corrected chi connectivity index (χ1v) is 4.55. The second-order valence-electron chi connectivity index (χ2n) is 3.46. The van der Waals surface area contributed by atoms with Crippen LogP contribution >= 0.6 is 0 Å². The van der Waals surface area contributed by atoms with Crippen LogP contribution in [0.1, 0.15) is 16.9 Å². The Kier molecular flexibility index (Phi) is 1.97. The molecule has 0 unspecified atom stereocenters. The van der Waals surface area contributed by atoms with Gasteiger partial charge in [0.2, 0.25) is 0 Å². The van der Waals surface area contributed by atoms with Crippen molar-refractivity contribution >= 4 is 11.0 Å². The molecule has 0 aliphatic carbocycles. The van der Waals surface area contributed by atoms with Crippen molar-refractivity contribution in [1.82, 2.24) is 0 Å². The van der Waals surface area contributed by atoms with Gasteiger partial charge in [0, 0.05) is 17.5 Å². The predicted molar refractivity (Wildman–Crippen MR) is 55.2 cm³/mol. The Morgan fingerprint density at radius 2 is 2.07 bits per heavy atom. The van der Waals surface area contributed by atoms with Gasteiger partial charge in [0.05, 0.1) is 0 Å². The fraction of sp³-hybridized carbons (Fsp3) is 0.273. The molecule has 3 N–H and O–H groups in total. The van der Waals surface area contributed by atoms with Crippen molar-refractivity contribution in [2.45, 2.75) is 20.4 Å². The number of furan rings is 1. The SMILES string of the molecule is Cc1oc2cc(CN)c(O)cc2c1C. The number of phenols is 1. The number of phenolic OH excluding ortho intramolecular Hbond substituents is 1. The van der Waals surface area contributed by atoms with Gasteiger partial charge in [-0.2, -0.15) is 0 Å². The molecule has 0 aliphatic heterocycles. The van der Waals surface area contributed by atoms with Crippen LogP contribution in [0.3, 0.4) is 0 Å². The number of aryl methyl sites for hydroxylation is 2. The zero-order valence-corrected chi connectivity index (χ0v) is 8.29. The molecule has 1 aromatic heterocycles. The van der Waals surface area contributed by atoms with E-state index in [1.165, 1.54) is 0 Å². The molecule has 3 heteroatoms. The van der Waals surface area contributed by atoms with Crippen molar-refractivity contribution in [2.24, 2.45) is 5.73 Å².